The molecule has 0 spiro atoms. The molecule has 1 aromatic carbocycles. The first kappa shape index (κ1) is 71.3. The first-order chi connectivity index (χ1) is 36.8. The van der Waals surface area contributed by atoms with Gasteiger partial charge >= 0.3 is 65.1 Å². The van der Waals surface area contributed by atoms with Gasteiger partial charge in [0.05, 0.1) is 117 Å². The fourth-order valence-electron chi connectivity index (χ4n) is 8.84. The summed E-state index contributed by atoms with van der Waals surface area (Å²) >= 11 is 0. The molecule has 0 aromatic heterocycles. The third-order valence-electron chi connectivity index (χ3n) is 12.7. The van der Waals surface area contributed by atoms with Gasteiger partial charge in [-0.2, -0.15) is 0 Å². The molecular formula is C52H71N3Na2O20S3. The summed E-state index contributed by atoms with van der Waals surface area (Å²) < 4.78 is 148. The standard InChI is InChI=1S/C52H73N3O20S3.2Na/c1-6-53(20-9-35-77(62,63)64)39-12-14-42-43(51(2,3)4)37-40(74-46(42)36-39)10-7-11-47-52(5,19-8-34-76(59,60)61)44-38-41(78(65,66)67)13-15-45(44)54(47)21-23-69-25-27-71-29-31-73-33-32-72-30-28-70-26-24-68-22-18-50(58)75-55-48(56)16-17-49(55)57;;/h7,10-15,36-38H,6,8-9,16-35H2,1-5H3,(H2-,59,60,61,62,63,64,65,66,67);;/q;2*+1/p-2. The number of rotatable bonds is 34. The largest absolute Gasteiger partial charge is 1.00 e. The van der Waals surface area contributed by atoms with Crippen LogP contribution in [0, 0.1) is 0 Å². The maximum Gasteiger partial charge on any atom is 1.00 e. The van der Waals surface area contributed by atoms with Gasteiger partial charge in [-0.15, -0.1) is 5.06 Å². The number of anilines is 1. The van der Waals surface area contributed by atoms with Gasteiger partial charge in [-0.25, -0.2) is 34.6 Å². The molecule has 0 N–H and O–H groups in total. The van der Waals surface area contributed by atoms with Crippen molar-refractivity contribution >= 4 is 59.9 Å². The Hall–Kier alpha value is -2.97. The number of hydroxylamine groups is 2. The van der Waals surface area contributed by atoms with E-state index in [1.807, 2.05) is 40.7 Å². The Balaban J connectivity index is 0.00000840. The molecule has 1 fully saturated rings. The molecule has 4 aliphatic rings. The number of fused-ring (bicyclic) bond motifs is 2. The number of nitrogens with zero attached hydrogens (tertiary/aromatic N) is 3. The Morgan fingerprint density at radius 2 is 1.27 bits per heavy atom. The third-order valence-corrected chi connectivity index (χ3v) is 15.1. The second kappa shape index (κ2) is 33.5. The van der Waals surface area contributed by atoms with Crippen LogP contribution in [0.5, 0.6) is 0 Å². The molecule has 5 rings (SSSR count). The van der Waals surface area contributed by atoms with Crippen molar-refractivity contribution in [1.29, 1.82) is 0 Å². The maximum absolute atomic E-state index is 12.3. The van der Waals surface area contributed by atoms with Crippen LogP contribution in [0.2, 0.25) is 0 Å². The van der Waals surface area contributed by atoms with Crippen molar-refractivity contribution in [2.45, 2.75) is 88.9 Å². The van der Waals surface area contributed by atoms with Crippen LogP contribution in [0.3, 0.4) is 0 Å². The van der Waals surface area contributed by atoms with Crippen LogP contribution >= 0.6 is 0 Å². The number of amides is 2. The smallest absolute Gasteiger partial charge is 0.748 e. The van der Waals surface area contributed by atoms with Crippen molar-refractivity contribution in [2.75, 3.05) is 115 Å². The Kier molecular flexibility index (Phi) is 29.9. The molecule has 80 heavy (non-hydrogen) atoms. The van der Waals surface area contributed by atoms with E-state index < -0.39 is 70.0 Å². The summed E-state index contributed by atoms with van der Waals surface area (Å²) in [6.07, 6.45) is 5.41. The Labute approximate surface area is 513 Å². The Morgan fingerprint density at radius 3 is 1.80 bits per heavy atom. The predicted octanol–water partition coefficient (Wildman–Crippen LogP) is -2.58. The van der Waals surface area contributed by atoms with Gasteiger partial charge in [-0.1, -0.05) is 26.8 Å². The van der Waals surface area contributed by atoms with Crippen LogP contribution < -0.4 is 73.9 Å². The van der Waals surface area contributed by atoms with Crippen molar-refractivity contribution in [3.05, 3.63) is 82.6 Å². The zero-order valence-electron chi connectivity index (χ0n) is 46.8. The van der Waals surface area contributed by atoms with Crippen LogP contribution in [0.25, 0.3) is 17.4 Å². The molecule has 1 aromatic rings. The van der Waals surface area contributed by atoms with Crippen molar-refractivity contribution < 1.29 is 150 Å². The van der Waals surface area contributed by atoms with Gasteiger partial charge in [0.1, 0.15) is 34.7 Å². The van der Waals surface area contributed by atoms with Crippen LogP contribution in [0.1, 0.15) is 90.0 Å². The summed E-state index contributed by atoms with van der Waals surface area (Å²) in [5, 5.41) is 1.26. The topological polar surface area (TPSA) is 310 Å². The van der Waals surface area contributed by atoms with Crippen LogP contribution in [0.15, 0.2) is 69.6 Å². The van der Waals surface area contributed by atoms with E-state index in [4.69, 9.17) is 37.7 Å². The number of hydrogen-bond acceptors (Lipinski definition) is 21. The molecule has 23 nitrogen and oxygen atoms in total. The molecule has 0 saturated carbocycles. The first-order valence-corrected chi connectivity index (χ1v) is 30.2. The summed E-state index contributed by atoms with van der Waals surface area (Å²) in [7, 11) is -13.9. The van der Waals surface area contributed by atoms with Crippen molar-refractivity contribution in [2.24, 2.45) is 0 Å². The molecule has 3 aliphatic heterocycles. The van der Waals surface area contributed by atoms with Gasteiger partial charge in [0.15, 0.2) is 0 Å². The van der Waals surface area contributed by atoms with E-state index in [1.54, 1.807) is 25.2 Å². The van der Waals surface area contributed by atoms with E-state index in [0.717, 1.165) is 16.5 Å². The van der Waals surface area contributed by atoms with E-state index in [-0.39, 0.29) is 156 Å². The Morgan fingerprint density at radius 1 is 0.738 bits per heavy atom. The zero-order valence-corrected chi connectivity index (χ0v) is 53.2. The molecule has 2 amide bonds. The number of benzene rings is 2. The summed E-state index contributed by atoms with van der Waals surface area (Å²) in [6.45, 7) is 14.1. The number of carbonyl (C=O) groups excluding carboxylic acids is 3. The maximum atomic E-state index is 12.3. The van der Waals surface area contributed by atoms with E-state index in [2.05, 4.69) is 20.8 Å². The minimum absolute atomic E-state index is 0. The van der Waals surface area contributed by atoms with Gasteiger partial charge in [-0.05, 0) is 85.7 Å². The molecular weight excluding hydrogens is 1130 g/mol. The van der Waals surface area contributed by atoms with Crippen molar-refractivity contribution in [1.82, 2.24) is 9.64 Å². The molecule has 0 bridgehead atoms. The van der Waals surface area contributed by atoms with E-state index in [0.29, 0.717) is 79.7 Å². The zero-order chi connectivity index (χ0) is 57.2. The fourth-order valence-corrected chi connectivity index (χ4v) is 10.3. The molecule has 1 atom stereocenters. The van der Waals surface area contributed by atoms with E-state index in [1.165, 1.54) is 18.2 Å². The number of hydrogen-bond donors (Lipinski definition) is 0. The molecule has 1 unspecified atom stereocenters. The average molecular weight is 1200 g/mol. The minimum atomic E-state index is -4.90. The molecule has 3 heterocycles. The van der Waals surface area contributed by atoms with Gasteiger partial charge in [0.25, 0.3) is 11.8 Å². The second-order valence-corrected chi connectivity index (χ2v) is 24.0. The first-order valence-electron chi connectivity index (χ1n) is 25.6. The third kappa shape index (κ3) is 22.9. The molecule has 0 radical (unpaired) electrons. The molecule has 1 aliphatic carbocycles. The summed E-state index contributed by atoms with van der Waals surface area (Å²) in [4.78, 5) is 41.0. The summed E-state index contributed by atoms with van der Waals surface area (Å²) in [6, 6.07) is 11.7. The predicted molar refractivity (Wildman–Crippen MR) is 281 cm³/mol. The molecule has 434 valence electrons. The van der Waals surface area contributed by atoms with Gasteiger partial charge in [0, 0.05) is 65.7 Å². The van der Waals surface area contributed by atoms with Crippen LogP contribution in [0.4, 0.5) is 5.69 Å². The monoisotopic (exact) mass is 1200 g/mol. The van der Waals surface area contributed by atoms with Gasteiger partial charge in [-0.3, -0.25) is 9.59 Å². The van der Waals surface area contributed by atoms with Crippen LogP contribution in [-0.4, -0.2) is 172 Å². The number of carbonyl (C=O) groups is 3. The number of ether oxygens (including phenoxy) is 6. The molecule has 1 saturated heterocycles. The quantitative estimate of drug-likeness (QED) is 0.0195. The molecule has 28 heteroatoms. The summed E-state index contributed by atoms with van der Waals surface area (Å²) in [5.74, 6) is -1.95. The normalized spacial score (nSPS) is 16.9. The van der Waals surface area contributed by atoms with Crippen molar-refractivity contribution in [3.8, 4) is 11.3 Å². The van der Waals surface area contributed by atoms with Crippen LogP contribution in [-0.2, 0) is 88.8 Å². The second-order valence-electron chi connectivity index (χ2n) is 19.6. The SMILES string of the molecule is CC[N+](CCCS(=O)(=O)[O-])=c1ccc2c(C(C)(C)C)cc(/C=C/C=C3/N(CCOCCOCCOCCOCCOCCOCCC(=O)ON4C(=O)CCC4=O)c4ccc(S(=O)(=O)[O-])cc4C3(C)CCCS(=O)(=O)[O-])oc-2c1.[Na+].[Na+]. The van der Waals surface area contributed by atoms with Gasteiger partial charge in [0.2, 0.25) is 5.36 Å². The number of allylic oxidation sites excluding steroid dienone is 3. The van der Waals surface area contributed by atoms with Crippen molar-refractivity contribution in [3.63, 3.8) is 0 Å². The average Bonchev–Trinajstić information content (AvgIpc) is 3.79. The van der Waals surface area contributed by atoms with E-state index in [9.17, 15) is 53.3 Å². The minimum Gasteiger partial charge on any atom is -0.748 e. The number of imide groups is 1. The fraction of sp³-hybridized carbons (Fsp3) is 0.577. The Bertz CT molecular complexity index is 2970. The van der Waals surface area contributed by atoms with Gasteiger partial charge < -0.3 is 56.2 Å². The summed E-state index contributed by atoms with van der Waals surface area (Å²) in [5.41, 5.74) is 2.04. The van der Waals surface area contributed by atoms with E-state index >= 15 is 0 Å².